The molecule has 0 bridgehead atoms. The van der Waals surface area contributed by atoms with Crippen molar-refractivity contribution in [1.82, 2.24) is 4.90 Å². The predicted octanol–water partition coefficient (Wildman–Crippen LogP) is 4.27. The molecule has 2 unspecified atom stereocenters. The molecule has 1 saturated heterocycles. The van der Waals surface area contributed by atoms with E-state index in [1.807, 2.05) is 0 Å². The summed E-state index contributed by atoms with van der Waals surface area (Å²) in [6.45, 7) is 19.0. The van der Waals surface area contributed by atoms with Crippen LogP contribution in [-0.2, 0) is 0 Å². The molecule has 2 heteroatoms. The van der Waals surface area contributed by atoms with Gasteiger partial charge in [-0.2, -0.15) is 11.8 Å². The first-order valence-corrected chi connectivity index (χ1v) is 8.06. The molecule has 1 fully saturated rings. The Balaban J connectivity index is 3.01. The first kappa shape index (κ1) is 15.4. The van der Waals surface area contributed by atoms with Crippen LogP contribution in [0.2, 0.25) is 0 Å². The third-order valence-corrected chi connectivity index (χ3v) is 4.97. The van der Waals surface area contributed by atoms with Crippen LogP contribution < -0.4 is 0 Å². The fourth-order valence-electron chi connectivity index (χ4n) is 2.79. The molecule has 0 saturated carbocycles. The second-order valence-electron chi connectivity index (χ2n) is 7.84. The molecule has 102 valence electrons. The molecule has 1 rings (SSSR count). The third kappa shape index (κ3) is 3.64. The van der Waals surface area contributed by atoms with E-state index in [2.05, 4.69) is 72.1 Å². The molecule has 0 radical (unpaired) electrons. The van der Waals surface area contributed by atoms with Crippen LogP contribution in [0.15, 0.2) is 0 Å². The van der Waals surface area contributed by atoms with E-state index in [-0.39, 0.29) is 0 Å². The second kappa shape index (κ2) is 5.13. The molecule has 2 atom stereocenters. The van der Waals surface area contributed by atoms with Gasteiger partial charge in [0.15, 0.2) is 0 Å². The highest BCUT2D eigenvalue weighted by Gasteiger charge is 2.43. The molecule has 0 aromatic heterocycles. The maximum atomic E-state index is 2.79. The normalized spacial score (nSPS) is 28.8. The number of nitrogens with zero attached hydrogens (tertiary/aromatic N) is 1. The molecular formula is C15H31NS. The molecule has 1 aliphatic rings. The van der Waals surface area contributed by atoms with Gasteiger partial charge >= 0.3 is 0 Å². The van der Waals surface area contributed by atoms with E-state index < -0.39 is 0 Å². The highest BCUT2D eigenvalue weighted by Crippen LogP contribution is 2.40. The van der Waals surface area contributed by atoms with Crippen molar-refractivity contribution in [1.29, 1.82) is 0 Å². The maximum Gasteiger partial charge on any atom is 0.0241 e. The average molecular weight is 257 g/mol. The van der Waals surface area contributed by atoms with Crippen molar-refractivity contribution in [3.63, 3.8) is 0 Å². The molecule has 0 amide bonds. The fourth-order valence-corrected chi connectivity index (χ4v) is 4.72. The zero-order chi connectivity index (χ0) is 13.4. The zero-order valence-corrected chi connectivity index (χ0v) is 13.8. The lowest BCUT2D eigenvalue weighted by molar-refractivity contribution is 0.00293. The SMILES string of the molecule is CC(C)N1C(C(C)(C)C)CSCC1C(C)(C)C. The Hall–Kier alpha value is 0.310. The smallest absolute Gasteiger partial charge is 0.0241 e. The molecule has 1 nitrogen and oxygen atoms in total. The molecule has 0 spiro atoms. The Morgan fingerprint density at radius 3 is 1.47 bits per heavy atom. The Morgan fingerprint density at radius 2 is 1.24 bits per heavy atom. The number of thioether (sulfide) groups is 1. The molecule has 0 aromatic carbocycles. The van der Waals surface area contributed by atoms with Gasteiger partial charge in [-0.15, -0.1) is 0 Å². The summed E-state index contributed by atoms with van der Waals surface area (Å²) < 4.78 is 0. The van der Waals surface area contributed by atoms with E-state index in [1.165, 1.54) is 11.5 Å². The molecule has 0 aromatic rings. The Bertz CT molecular complexity index is 225. The van der Waals surface area contributed by atoms with Crippen LogP contribution in [0.25, 0.3) is 0 Å². The molecule has 1 aliphatic heterocycles. The van der Waals surface area contributed by atoms with Crippen molar-refractivity contribution in [3.8, 4) is 0 Å². The quantitative estimate of drug-likeness (QED) is 0.690. The monoisotopic (exact) mass is 257 g/mol. The lowest BCUT2D eigenvalue weighted by atomic mass is 9.80. The van der Waals surface area contributed by atoms with Crippen molar-refractivity contribution in [2.75, 3.05) is 11.5 Å². The van der Waals surface area contributed by atoms with Crippen molar-refractivity contribution in [3.05, 3.63) is 0 Å². The minimum Gasteiger partial charge on any atom is -0.292 e. The average Bonchev–Trinajstić information content (AvgIpc) is 2.13. The molecule has 17 heavy (non-hydrogen) atoms. The molecular weight excluding hydrogens is 226 g/mol. The fraction of sp³-hybridized carbons (Fsp3) is 1.00. The summed E-state index contributed by atoms with van der Waals surface area (Å²) in [7, 11) is 0. The van der Waals surface area contributed by atoms with Gasteiger partial charge in [0.05, 0.1) is 0 Å². The zero-order valence-electron chi connectivity index (χ0n) is 13.0. The van der Waals surface area contributed by atoms with Crippen molar-refractivity contribution >= 4 is 11.8 Å². The minimum absolute atomic E-state index is 0.376. The van der Waals surface area contributed by atoms with Gasteiger partial charge in [-0.05, 0) is 24.7 Å². The Labute approximate surface area is 113 Å². The summed E-state index contributed by atoms with van der Waals surface area (Å²) in [6.07, 6.45) is 0. The Morgan fingerprint density at radius 1 is 0.882 bits per heavy atom. The molecule has 0 N–H and O–H groups in total. The van der Waals surface area contributed by atoms with E-state index in [1.54, 1.807) is 0 Å². The second-order valence-corrected chi connectivity index (χ2v) is 8.92. The van der Waals surface area contributed by atoms with Gasteiger partial charge in [0.2, 0.25) is 0 Å². The number of hydrogen-bond donors (Lipinski definition) is 0. The van der Waals surface area contributed by atoms with Gasteiger partial charge in [-0.1, -0.05) is 41.5 Å². The standard InChI is InChI=1S/C15H31NS/c1-11(2)16-12(14(3,4)5)9-17-10-13(16)15(6,7)8/h11-13H,9-10H2,1-8H3. The lowest BCUT2D eigenvalue weighted by Crippen LogP contribution is -2.61. The van der Waals surface area contributed by atoms with Gasteiger partial charge < -0.3 is 0 Å². The highest BCUT2D eigenvalue weighted by atomic mass is 32.2. The number of hydrogen-bond acceptors (Lipinski definition) is 2. The van der Waals surface area contributed by atoms with Crippen LogP contribution in [0.5, 0.6) is 0 Å². The van der Waals surface area contributed by atoms with Crippen LogP contribution >= 0.6 is 11.8 Å². The van der Waals surface area contributed by atoms with Crippen LogP contribution in [0.1, 0.15) is 55.4 Å². The summed E-state index contributed by atoms with van der Waals surface area (Å²) in [4.78, 5) is 2.79. The topological polar surface area (TPSA) is 3.24 Å². The van der Waals surface area contributed by atoms with E-state index in [0.29, 0.717) is 29.0 Å². The lowest BCUT2D eigenvalue weighted by Gasteiger charge is -2.53. The summed E-state index contributed by atoms with van der Waals surface area (Å²) in [5.74, 6) is 2.57. The first-order valence-electron chi connectivity index (χ1n) is 6.90. The van der Waals surface area contributed by atoms with Gasteiger partial charge in [0.25, 0.3) is 0 Å². The van der Waals surface area contributed by atoms with Gasteiger partial charge in [-0.3, -0.25) is 4.90 Å². The van der Waals surface area contributed by atoms with Crippen molar-refractivity contribution in [2.24, 2.45) is 10.8 Å². The minimum atomic E-state index is 0.376. The maximum absolute atomic E-state index is 2.79. The van der Waals surface area contributed by atoms with Crippen LogP contribution in [0.3, 0.4) is 0 Å². The first-order chi connectivity index (χ1) is 7.55. The summed E-state index contributed by atoms with van der Waals surface area (Å²) in [5, 5.41) is 0. The molecule has 1 heterocycles. The van der Waals surface area contributed by atoms with E-state index in [4.69, 9.17) is 0 Å². The largest absolute Gasteiger partial charge is 0.292 e. The van der Waals surface area contributed by atoms with Crippen molar-refractivity contribution in [2.45, 2.75) is 73.5 Å². The Kier molecular flexibility index (Phi) is 4.63. The summed E-state index contributed by atoms with van der Waals surface area (Å²) >= 11 is 2.14. The van der Waals surface area contributed by atoms with Crippen LogP contribution in [0, 0.1) is 10.8 Å². The van der Waals surface area contributed by atoms with Gasteiger partial charge in [-0.25, -0.2) is 0 Å². The van der Waals surface area contributed by atoms with Crippen molar-refractivity contribution < 1.29 is 0 Å². The van der Waals surface area contributed by atoms with Gasteiger partial charge in [0, 0.05) is 29.6 Å². The van der Waals surface area contributed by atoms with E-state index >= 15 is 0 Å². The van der Waals surface area contributed by atoms with E-state index in [9.17, 15) is 0 Å². The van der Waals surface area contributed by atoms with Crippen LogP contribution in [0.4, 0.5) is 0 Å². The predicted molar refractivity (Wildman–Crippen MR) is 80.8 cm³/mol. The third-order valence-electron chi connectivity index (χ3n) is 3.87. The number of rotatable bonds is 1. The van der Waals surface area contributed by atoms with Crippen LogP contribution in [-0.4, -0.2) is 34.5 Å². The highest BCUT2D eigenvalue weighted by molar-refractivity contribution is 7.99. The summed E-state index contributed by atoms with van der Waals surface area (Å²) in [6, 6.07) is 2.04. The molecule has 0 aliphatic carbocycles. The van der Waals surface area contributed by atoms with E-state index in [0.717, 1.165) is 0 Å². The summed E-state index contributed by atoms with van der Waals surface area (Å²) in [5.41, 5.74) is 0.752. The van der Waals surface area contributed by atoms with Gasteiger partial charge in [0.1, 0.15) is 0 Å².